The predicted molar refractivity (Wildman–Crippen MR) is 129 cm³/mol. The SMILES string of the molecule is CCc1ccc([C@H](COc2ccc(CC3SC(=O)NC3=O)cc2)OC(=O)c2ccccc2)nc1. The van der Waals surface area contributed by atoms with E-state index in [0.29, 0.717) is 23.4 Å². The molecular weight excluding hydrogens is 452 g/mol. The zero-order valence-electron chi connectivity index (χ0n) is 18.6. The summed E-state index contributed by atoms with van der Waals surface area (Å²) >= 11 is 1.00. The van der Waals surface area contributed by atoms with Crippen LogP contribution < -0.4 is 10.1 Å². The van der Waals surface area contributed by atoms with Crippen molar-refractivity contribution >= 4 is 28.9 Å². The maximum absolute atomic E-state index is 12.7. The van der Waals surface area contributed by atoms with Crippen LogP contribution in [0.3, 0.4) is 0 Å². The standard InChI is InChI=1S/C26H24N2O5S/c1-2-17-10-13-21(27-15-17)22(33-25(30)19-6-4-3-5-7-19)16-32-20-11-8-18(9-12-20)14-23-24(29)28-26(31)34-23/h3-13,15,22-23H,2,14,16H2,1H3,(H,28,29,31)/t22-,23?/m0/s1. The number of hydrogen-bond donors (Lipinski definition) is 1. The van der Waals surface area contributed by atoms with Gasteiger partial charge in [0.1, 0.15) is 12.4 Å². The van der Waals surface area contributed by atoms with Crippen molar-refractivity contribution < 1.29 is 23.9 Å². The van der Waals surface area contributed by atoms with Crippen LogP contribution in [0.5, 0.6) is 5.75 Å². The van der Waals surface area contributed by atoms with Crippen molar-refractivity contribution in [3.8, 4) is 5.75 Å². The van der Waals surface area contributed by atoms with Crippen LogP contribution in [0.25, 0.3) is 0 Å². The third-order valence-electron chi connectivity index (χ3n) is 5.36. The van der Waals surface area contributed by atoms with Gasteiger partial charge in [0.2, 0.25) is 5.91 Å². The molecule has 174 valence electrons. The highest BCUT2D eigenvalue weighted by Gasteiger charge is 2.31. The maximum atomic E-state index is 12.7. The van der Waals surface area contributed by atoms with Crippen molar-refractivity contribution in [2.75, 3.05) is 6.61 Å². The highest BCUT2D eigenvalue weighted by atomic mass is 32.2. The van der Waals surface area contributed by atoms with E-state index >= 15 is 0 Å². The summed E-state index contributed by atoms with van der Waals surface area (Å²) in [7, 11) is 0. The Labute approximate surface area is 201 Å². The number of benzene rings is 2. The first-order valence-corrected chi connectivity index (χ1v) is 11.8. The zero-order chi connectivity index (χ0) is 23.9. The topological polar surface area (TPSA) is 94.6 Å². The number of thioether (sulfide) groups is 1. The Morgan fingerprint density at radius 2 is 1.76 bits per heavy atom. The lowest BCUT2D eigenvalue weighted by Crippen LogP contribution is -2.25. The average Bonchev–Trinajstić information content (AvgIpc) is 3.19. The van der Waals surface area contributed by atoms with Crippen LogP contribution >= 0.6 is 11.8 Å². The fraction of sp³-hybridized carbons (Fsp3) is 0.231. The first-order chi connectivity index (χ1) is 16.5. The number of rotatable bonds is 9. The molecule has 1 unspecified atom stereocenters. The number of aromatic nitrogens is 1. The Balaban J connectivity index is 1.42. The fourth-order valence-corrected chi connectivity index (χ4v) is 4.28. The number of ether oxygens (including phenoxy) is 2. The number of nitrogens with one attached hydrogen (secondary N) is 1. The van der Waals surface area contributed by atoms with E-state index in [1.807, 2.05) is 37.3 Å². The first kappa shape index (κ1) is 23.5. The summed E-state index contributed by atoms with van der Waals surface area (Å²) in [4.78, 5) is 40.2. The molecule has 2 atom stereocenters. The van der Waals surface area contributed by atoms with E-state index in [0.717, 1.165) is 29.3 Å². The monoisotopic (exact) mass is 476 g/mol. The quantitative estimate of drug-likeness (QED) is 0.454. The second-order valence-electron chi connectivity index (χ2n) is 7.75. The smallest absolute Gasteiger partial charge is 0.338 e. The lowest BCUT2D eigenvalue weighted by molar-refractivity contribution is -0.118. The average molecular weight is 477 g/mol. The van der Waals surface area contributed by atoms with Gasteiger partial charge in [0.15, 0.2) is 6.10 Å². The number of carbonyl (C=O) groups is 3. The van der Waals surface area contributed by atoms with E-state index < -0.39 is 17.3 Å². The molecule has 34 heavy (non-hydrogen) atoms. The van der Waals surface area contributed by atoms with Crippen molar-refractivity contribution in [2.24, 2.45) is 0 Å². The minimum Gasteiger partial charge on any atom is -0.489 e. The number of aryl methyl sites for hydroxylation is 1. The van der Waals surface area contributed by atoms with Crippen molar-refractivity contribution in [3.05, 3.63) is 95.3 Å². The van der Waals surface area contributed by atoms with Gasteiger partial charge in [-0.1, -0.05) is 55.1 Å². The number of nitrogens with zero attached hydrogens (tertiary/aromatic N) is 1. The molecule has 2 amide bonds. The maximum Gasteiger partial charge on any atom is 0.338 e. The van der Waals surface area contributed by atoms with Crippen molar-refractivity contribution in [3.63, 3.8) is 0 Å². The molecule has 8 heteroatoms. The summed E-state index contributed by atoms with van der Waals surface area (Å²) in [6, 6.07) is 19.9. The lowest BCUT2D eigenvalue weighted by atomic mass is 10.1. The van der Waals surface area contributed by atoms with Crippen LogP contribution in [0.4, 0.5) is 4.79 Å². The van der Waals surface area contributed by atoms with Crippen molar-refractivity contribution in [1.82, 2.24) is 10.3 Å². The van der Waals surface area contributed by atoms with E-state index in [1.54, 1.807) is 42.6 Å². The number of amides is 2. The zero-order valence-corrected chi connectivity index (χ0v) is 19.4. The van der Waals surface area contributed by atoms with Gasteiger partial charge < -0.3 is 9.47 Å². The molecule has 0 spiro atoms. The molecule has 0 saturated carbocycles. The molecule has 2 aromatic carbocycles. The Morgan fingerprint density at radius 3 is 2.38 bits per heavy atom. The summed E-state index contributed by atoms with van der Waals surface area (Å²) in [5.74, 6) is -0.123. The minimum absolute atomic E-state index is 0.0891. The summed E-state index contributed by atoms with van der Waals surface area (Å²) in [5.41, 5.74) is 3.06. The van der Waals surface area contributed by atoms with E-state index in [4.69, 9.17) is 9.47 Å². The van der Waals surface area contributed by atoms with E-state index in [-0.39, 0.29) is 17.8 Å². The molecule has 2 heterocycles. The molecule has 0 aliphatic carbocycles. The van der Waals surface area contributed by atoms with E-state index in [1.165, 1.54) is 0 Å². The fourth-order valence-electron chi connectivity index (χ4n) is 3.42. The molecule has 4 rings (SSSR count). The second kappa shape index (κ2) is 11.0. The van der Waals surface area contributed by atoms with Gasteiger partial charge in [0, 0.05) is 6.20 Å². The molecule has 1 saturated heterocycles. The number of esters is 1. The van der Waals surface area contributed by atoms with Gasteiger partial charge in [-0.3, -0.25) is 19.9 Å². The number of imide groups is 1. The van der Waals surface area contributed by atoms with E-state index in [9.17, 15) is 14.4 Å². The first-order valence-electron chi connectivity index (χ1n) is 11.0. The molecule has 7 nitrogen and oxygen atoms in total. The molecule has 1 aliphatic heterocycles. The highest BCUT2D eigenvalue weighted by molar-refractivity contribution is 8.15. The number of pyridine rings is 1. The third-order valence-corrected chi connectivity index (χ3v) is 6.34. The minimum atomic E-state index is -0.692. The van der Waals surface area contributed by atoms with Gasteiger partial charge in [0.25, 0.3) is 5.24 Å². The Hall–Kier alpha value is -3.65. The Morgan fingerprint density at radius 1 is 1.03 bits per heavy atom. The van der Waals surface area contributed by atoms with Crippen LogP contribution in [0.2, 0.25) is 0 Å². The van der Waals surface area contributed by atoms with Crippen molar-refractivity contribution in [1.29, 1.82) is 0 Å². The highest BCUT2D eigenvalue weighted by Crippen LogP contribution is 2.25. The second-order valence-corrected chi connectivity index (χ2v) is 8.92. The molecule has 1 aliphatic rings. The van der Waals surface area contributed by atoms with Crippen LogP contribution in [0, 0.1) is 0 Å². The summed E-state index contributed by atoms with van der Waals surface area (Å²) in [6.45, 7) is 2.14. The van der Waals surface area contributed by atoms with Crippen LogP contribution in [0.1, 0.15) is 40.2 Å². The molecule has 0 radical (unpaired) electrons. The molecule has 1 fully saturated rings. The molecule has 3 aromatic rings. The van der Waals surface area contributed by atoms with Gasteiger partial charge in [-0.15, -0.1) is 0 Å². The van der Waals surface area contributed by atoms with E-state index in [2.05, 4.69) is 10.3 Å². The summed E-state index contributed by atoms with van der Waals surface area (Å²) in [5, 5.41) is 1.56. The summed E-state index contributed by atoms with van der Waals surface area (Å²) in [6.07, 6.45) is 2.39. The molecule has 1 N–H and O–H groups in total. The molecular formula is C26H24N2O5S. The largest absolute Gasteiger partial charge is 0.489 e. The Bertz CT molecular complexity index is 1150. The number of hydrogen-bond acceptors (Lipinski definition) is 7. The van der Waals surface area contributed by atoms with Gasteiger partial charge in [-0.05, 0) is 54.3 Å². The third kappa shape index (κ3) is 6.02. The van der Waals surface area contributed by atoms with Crippen LogP contribution in [-0.2, 0) is 22.4 Å². The lowest BCUT2D eigenvalue weighted by Gasteiger charge is -2.19. The van der Waals surface area contributed by atoms with Crippen molar-refractivity contribution in [2.45, 2.75) is 31.1 Å². The van der Waals surface area contributed by atoms with Crippen LogP contribution in [-0.4, -0.2) is 34.0 Å². The van der Waals surface area contributed by atoms with Crippen LogP contribution in [0.15, 0.2) is 72.9 Å². The van der Waals surface area contributed by atoms with Gasteiger partial charge in [-0.25, -0.2) is 4.79 Å². The number of carbonyl (C=O) groups excluding carboxylic acids is 3. The predicted octanol–water partition coefficient (Wildman–Crippen LogP) is 4.52. The molecule has 1 aromatic heterocycles. The van der Waals surface area contributed by atoms with Gasteiger partial charge in [0.05, 0.1) is 16.5 Å². The van der Waals surface area contributed by atoms with Gasteiger partial charge >= 0.3 is 5.97 Å². The van der Waals surface area contributed by atoms with Gasteiger partial charge in [-0.2, -0.15) is 0 Å². The Kier molecular flexibility index (Phi) is 7.59. The summed E-state index contributed by atoms with van der Waals surface area (Å²) < 4.78 is 11.7. The molecule has 0 bridgehead atoms. The normalized spacial score (nSPS) is 16.1.